The third-order valence-electron chi connectivity index (χ3n) is 2.88. The zero-order chi connectivity index (χ0) is 12.8. The molecule has 4 N–H and O–H groups in total. The molecule has 0 aromatic heterocycles. The van der Waals surface area contributed by atoms with E-state index < -0.39 is 0 Å². The van der Waals surface area contributed by atoms with Crippen molar-refractivity contribution in [2.75, 3.05) is 13.6 Å². The highest BCUT2D eigenvalue weighted by Crippen LogP contribution is 2.09. The van der Waals surface area contributed by atoms with E-state index in [-0.39, 0.29) is 11.9 Å². The molecule has 17 heavy (non-hydrogen) atoms. The fourth-order valence-electron chi connectivity index (χ4n) is 1.76. The predicted octanol–water partition coefficient (Wildman–Crippen LogP) is 0.630. The second kappa shape index (κ2) is 6.37. The van der Waals surface area contributed by atoms with Gasteiger partial charge < -0.3 is 11.5 Å². The van der Waals surface area contributed by atoms with Gasteiger partial charge in [-0.15, -0.1) is 0 Å². The number of likely N-dealkylation sites (N-methyl/N-ethyl adjacent to an activating group) is 1. The largest absolute Gasteiger partial charge is 0.370 e. The van der Waals surface area contributed by atoms with E-state index in [1.807, 2.05) is 7.05 Å². The molecule has 0 saturated carbocycles. The Morgan fingerprint density at radius 2 is 1.94 bits per heavy atom. The molecule has 4 nitrogen and oxygen atoms in total. The van der Waals surface area contributed by atoms with Gasteiger partial charge in [-0.3, -0.25) is 9.69 Å². The molecule has 4 heteroatoms. The second-order valence-electron chi connectivity index (χ2n) is 4.46. The molecule has 1 unspecified atom stereocenters. The average Bonchev–Trinajstić information content (AvgIpc) is 2.28. The maximum atomic E-state index is 10.9. The molecule has 94 valence electrons. The molecule has 1 atom stereocenters. The highest BCUT2D eigenvalue weighted by atomic mass is 16.1. The fraction of sp³-hybridized carbons (Fsp3) is 0.462. The van der Waals surface area contributed by atoms with Crippen molar-refractivity contribution in [3.8, 4) is 0 Å². The number of aryl methyl sites for hydroxylation is 1. The van der Waals surface area contributed by atoms with E-state index in [0.717, 1.165) is 6.54 Å². The molecule has 0 spiro atoms. The van der Waals surface area contributed by atoms with Crippen molar-refractivity contribution in [1.29, 1.82) is 0 Å². The molecule has 0 radical (unpaired) electrons. The molecule has 0 saturated heterocycles. The number of benzene rings is 1. The Hall–Kier alpha value is -1.39. The van der Waals surface area contributed by atoms with Crippen LogP contribution in [0.3, 0.4) is 0 Å². The standard InChI is InChI=1S/C13H21N3O/c1-10-3-5-11(6-4-10)9-16(2)12(8-14)7-13(15)17/h3-6,12H,7-9,14H2,1-2H3,(H2,15,17). The molecule has 0 aliphatic heterocycles. The molecular weight excluding hydrogens is 214 g/mol. The Morgan fingerprint density at radius 3 is 2.41 bits per heavy atom. The summed E-state index contributed by atoms with van der Waals surface area (Å²) in [5.74, 6) is -0.309. The summed E-state index contributed by atoms with van der Waals surface area (Å²) in [5, 5.41) is 0. The Labute approximate surface area is 103 Å². The van der Waals surface area contributed by atoms with Crippen LogP contribution in [0.1, 0.15) is 17.5 Å². The minimum absolute atomic E-state index is 0.00815. The molecule has 1 aromatic rings. The normalized spacial score (nSPS) is 12.7. The highest BCUT2D eigenvalue weighted by molar-refractivity contribution is 5.74. The van der Waals surface area contributed by atoms with Gasteiger partial charge in [0.05, 0.1) is 0 Å². The minimum Gasteiger partial charge on any atom is -0.370 e. The molecule has 0 fully saturated rings. The molecule has 1 amide bonds. The van der Waals surface area contributed by atoms with Crippen molar-refractivity contribution in [3.63, 3.8) is 0 Å². The third kappa shape index (κ3) is 4.54. The van der Waals surface area contributed by atoms with Crippen LogP contribution in [0.5, 0.6) is 0 Å². The van der Waals surface area contributed by atoms with E-state index in [1.165, 1.54) is 11.1 Å². The fourth-order valence-corrected chi connectivity index (χ4v) is 1.76. The van der Waals surface area contributed by atoms with Gasteiger partial charge in [0, 0.05) is 25.6 Å². The van der Waals surface area contributed by atoms with Gasteiger partial charge in [0.2, 0.25) is 5.91 Å². The lowest BCUT2D eigenvalue weighted by Crippen LogP contribution is -2.40. The summed E-state index contributed by atoms with van der Waals surface area (Å²) in [7, 11) is 1.96. The van der Waals surface area contributed by atoms with E-state index in [1.54, 1.807) is 0 Å². The summed E-state index contributed by atoms with van der Waals surface area (Å²) >= 11 is 0. The van der Waals surface area contributed by atoms with Gasteiger partial charge in [-0.2, -0.15) is 0 Å². The van der Waals surface area contributed by atoms with Crippen molar-refractivity contribution in [2.24, 2.45) is 11.5 Å². The van der Waals surface area contributed by atoms with Gasteiger partial charge in [0.25, 0.3) is 0 Å². The summed E-state index contributed by atoms with van der Waals surface area (Å²) in [5.41, 5.74) is 13.3. The van der Waals surface area contributed by atoms with Crippen molar-refractivity contribution in [2.45, 2.75) is 25.9 Å². The summed E-state index contributed by atoms with van der Waals surface area (Å²) in [6, 6.07) is 8.34. The Kier molecular flexibility index (Phi) is 5.12. The number of carbonyl (C=O) groups excluding carboxylic acids is 1. The first-order chi connectivity index (χ1) is 8.02. The SMILES string of the molecule is Cc1ccc(CN(C)C(CN)CC(N)=O)cc1. The molecule has 0 heterocycles. The Bertz CT molecular complexity index is 361. The van der Waals surface area contributed by atoms with Crippen LogP contribution in [0.2, 0.25) is 0 Å². The van der Waals surface area contributed by atoms with E-state index >= 15 is 0 Å². The highest BCUT2D eigenvalue weighted by Gasteiger charge is 2.15. The van der Waals surface area contributed by atoms with Crippen LogP contribution in [0, 0.1) is 6.92 Å². The van der Waals surface area contributed by atoms with Crippen molar-refractivity contribution in [1.82, 2.24) is 4.90 Å². The summed E-state index contributed by atoms with van der Waals surface area (Å²) in [4.78, 5) is 13.0. The number of nitrogens with zero attached hydrogens (tertiary/aromatic N) is 1. The smallest absolute Gasteiger partial charge is 0.219 e. The van der Waals surface area contributed by atoms with Crippen LogP contribution >= 0.6 is 0 Å². The summed E-state index contributed by atoms with van der Waals surface area (Å²) < 4.78 is 0. The zero-order valence-corrected chi connectivity index (χ0v) is 10.5. The maximum absolute atomic E-state index is 10.9. The van der Waals surface area contributed by atoms with Gasteiger partial charge in [0.1, 0.15) is 0 Å². The number of rotatable bonds is 6. The van der Waals surface area contributed by atoms with Crippen molar-refractivity contribution < 1.29 is 4.79 Å². The molecule has 0 aliphatic rings. The molecule has 0 bridgehead atoms. The van der Waals surface area contributed by atoms with Gasteiger partial charge in [0.15, 0.2) is 0 Å². The van der Waals surface area contributed by atoms with Crippen LogP contribution in [-0.2, 0) is 11.3 Å². The molecule has 0 aliphatic carbocycles. The quantitative estimate of drug-likeness (QED) is 0.759. The van der Waals surface area contributed by atoms with Crippen molar-refractivity contribution in [3.05, 3.63) is 35.4 Å². The van der Waals surface area contributed by atoms with Gasteiger partial charge >= 0.3 is 0 Å². The number of amides is 1. The number of hydrogen-bond acceptors (Lipinski definition) is 3. The lowest BCUT2D eigenvalue weighted by molar-refractivity contribution is -0.119. The average molecular weight is 235 g/mol. The van der Waals surface area contributed by atoms with Crippen molar-refractivity contribution >= 4 is 5.91 Å². The maximum Gasteiger partial charge on any atom is 0.219 e. The van der Waals surface area contributed by atoms with E-state index in [0.29, 0.717) is 13.0 Å². The molecule has 1 aromatic carbocycles. The number of nitrogens with two attached hydrogens (primary N) is 2. The topological polar surface area (TPSA) is 72.3 Å². The van der Waals surface area contributed by atoms with E-state index in [2.05, 4.69) is 36.1 Å². The zero-order valence-electron chi connectivity index (χ0n) is 10.5. The monoisotopic (exact) mass is 235 g/mol. The first-order valence-corrected chi connectivity index (χ1v) is 5.77. The van der Waals surface area contributed by atoms with Crippen LogP contribution in [0.25, 0.3) is 0 Å². The lowest BCUT2D eigenvalue weighted by Gasteiger charge is -2.26. The second-order valence-corrected chi connectivity index (χ2v) is 4.46. The van der Waals surface area contributed by atoms with E-state index in [9.17, 15) is 4.79 Å². The molecule has 1 rings (SSSR count). The predicted molar refractivity (Wildman–Crippen MR) is 69.3 cm³/mol. The van der Waals surface area contributed by atoms with Crippen LogP contribution in [0.4, 0.5) is 0 Å². The first kappa shape index (κ1) is 13.7. The number of carbonyl (C=O) groups is 1. The van der Waals surface area contributed by atoms with E-state index in [4.69, 9.17) is 11.5 Å². The first-order valence-electron chi connectivity index (χ1n) is 5.77. The lowest BCUT2D eigenvalue weighted by atomic mass is 10.1. The van der Waals surface area contributed by atoms with Crippen LogP contribution in [-0.4, -0.2) is 30.4 Å². The Balaban J connectivity index is 2.60. The molecular formula is C13H21N3O. The van der Waals surface area contributed by atoms with Gasteiger partial charge in [-0.1, -0.05) is 29.8 Å². The van der Waals surface area contributed by atoms with Gasteiger partial charge in [-0.05, 0) is 19.5 Å². The summed E-state index contributed by atoms with van der Waals surface area (Å²) in [6.07, 6.45) is 0.304. The third-order valence-corrected chi connectivity index (χ3v) is 2.88. The Morgan fingerprint density at radius 1 is 1.35 bits per heavy atom. The number of hydrogen-bond donors (Lipinski definition) is 2. The number of primary amides is 1. The summed E-state index contributed by atoms with van der Waals surface area (Å²) in [6.45, 7) is 3.27. The van der Waals surface area contributed by atoms with Crippen LogP contribution in [0.15, 0.2) is 24.3 Å². The van der Waals surface area contributed by atoms with Gasteiger partial charge in [-0.25, -0.2) is 0 Å². The minimum atomic E-state index is -0.309. The van der Waals surface area contributed by atoms with Crippen LogP contribution < -0.4 is 11.5 Å².